The van der Waals surface area contributed by atoms with Crippen LogP contribution in [0.25, 0.3) is 0 Å². The van der Waals surface area contributed by atoms with Gasteiger partial charge in [-0.2, -0.15) is 0 Å². The van der Waals surface area contributed by atoms with Gasteiger partial charge in [0.15, 0.2) is 0 Å². The molecule has 43 heavy (non-hydrogen) atoms. The Kier molecular flexibility index (Phi) is 12.6. The van der Waals surface area contributed by atoms with Gasteiger partial charge in [-0.15, -0.1) is 0 Å². The lowest BCUT2D eigenvalue weighted by molar-refractivity contribution is -0.123. The summed E-state index contributed by atoms with van der Waals surface area (Å²) in [5.74, 6) is -2.97. The molecule has 0 fully saturated rings. The van der Waals surface area contributed by atoms with Crippen molar-refractivity contribution in [2.24, 2.45) is 5.73 Å². The zero-order valence-electron chi connectivity index (χ0n) is 24.4. The molecule has 0 atom stereocenters. The molecule has 0 aliphatic heterocycles. The number of para-hydroxylation sites is 5. The summed E-state index contributed by atoms with van der Waals surface area (Å²) in [6.07, 6.45) is 0. The van der Waals surface area contributed by atoms with Crippen LogP contribution in [0, 0.1) is 0 Å². The van der Waals surface area contributed by atoms with Crippen LogP contribution in [0.3, 0.4) is 0 Å². The van der Waals surface area contributed by atoms with Gasteiger partial charge in [-0.05, 0) is 50.2 Å². The fourth-order valence-corrected chi connectivity index (χ4v) is 3.88. The van der Waals surface area contributed by atoms with Crippen LogP contribution in [-0.2, 0) is 28.8 Å². The van der Waals surface area contributed by atoms with E-state index in [1.807, 2.05) is 0 Å². The second kappa shape index (κ2) is 16.1. The number of phenolic OH excluding ortho intramolecular Hbond substituents is 1. The van der Waals surface area contributed by atoms with E-state index in [0.29, 0.717) is 5.69 Å². The van der Waals surface area contributed by atoms with Crippen LogP contribution in [0.5, 0.6) is 5.75 Å². The molecule has 0 saturated carbocycles. The van der Waals surface area contributed by atoms with Crippen molar-refractivity contribution in [1.82, 2.24) is 0 Å². The van der Waals surface area contributed by atoms with E-state index in [2.05, 4.69) is 5.32 Å². The summed E-state index contributed by atoms with van der Waals surface area (Å²) < 4.78 is 0. The van der Waals surface area contributed by atoms with Crippen molar-refractivity contribution in [3.05, 3.63) is 78.9 Å². The first kappa shape index (κ1) is 33.7. The Bertz CT molecular complexity index is 1470. The van der Waals surface area contributed by atoms with E-state index in [-0.39, 0.29) is 41.0 Å². The lowest BCUT2D eigenvalue weighted by atomic mass is 10.2. The van der Waals surface area contributed by atoms with E-state index in [4.69, 9.17) is 5.73 Å². The van der Waals surface area contributed by atoms with Crippen molar-refractivity contribution < 1.29 is 33.9 Å². The van der Waals surface area contributed by atoms with Gasteiger partial charge in [0.05, 0.1) is 17.1 Å². The second-order valence-electron chi connectivity index (χ2n) is 9.45. The molecule has 0 aromatic heterocycles. The maximum absolute atomic E-state index is 13.3. The van der Waals surface area contributed by atoms with E-state index in [9.17, 15) is 33.9 Å². The zero-order valence-corrected chi connectivity index (χ0v) is 24.4. The van der Waals surface area contributed by atoms with Gasteiger partial charge in [0, 0.05) is 19.5 Å². The minimum atomic E-state index is -0.818. The van der Waals surface area contributed by atoms with Gasteiger partial charge in [-0.25, -0.2) is 0 Å². The summed E-state index contributed by atoms with van der Waals surface area (Å²) in [7, 11) is 0. The van der Waals surface area contributed by atoms with Crippen molar-refractivity contribution in [1.29, 1.82) is 0 Å². The Balaban J connectivity index is 0.00000151. The Morgan fingerprint density at radius 2 is 1.16 bits per heavy atom. The van der Waals surface area contributed by atoms with Crippen LogP contribution in [0.15, 0.2) is 78.9 Å². The fraction of sp³-hybridized carbons (Fsp3) is 0.226. The van der Waals surface area contributed by atoms with Crippen LogP contribution in [-0.4, -0.2) is 60.1 Å². The minimum Gasteiger partial charge on any atom is -0.506 e. The third-order valence-electron chi connectivity index (χ3n) is 5.68. The molecule has 0 heterocycles. The van der Waals surface area contributed by atoms with E-state index in [1.54, 1.807) is 66.7 Å². The number of amides is 5. The number of carbonyl (C=O) groups is 6. The highest BCUT2D eigenvalue weighted by atomic mass is 16.3. The number of hydrogen-bond acceptors (Lipinski definition) is 7. The molecule has 0 unspecified atom stereocenters. The maximum atomic E-state index is 13.3. The highest BCUT2D eigenvalue weighted by Crippen LogP contribution is 2.29. The zero-order chi connectivity index (χ0) is 32.1. The summed E-state index contributed by atoms with van der Waals surface area (Å²) in [6.45, 7) is 4.32. The normalized spacial score (nSPS) is 9.95. The third-order valence-corrected chi connectivity index (χ3v) is 5.68. The van der Waals surface area contributed by atoms with Gasteiger partial charge < -0.3 is 30.8 Å². The number of phenols is 1. The predicted octanol–water partition coefficient (Wildman–Crippen LogP) is 2.85. The molecule has 226 valence electrons. The first-order valence-corrected chi connectivity index (χ1v) is 13.2. The molecule has 0 radical (unpaired) electrons. The Morgan fingerprint density at radius 3 is 1.70 bits per heavy atom. The first-order valence-electron chi connectivity index (χ1n) is 13.2. The molecule has 4 N–H and O–H groups in total. The van der Waals surface area contributed by atoms with Crippen molar-refractivity contribution in [3.8, 4) is 5.75 Å². The van der Waals surface area contributed by atoms with E-state index in [1.165, 1.54) is 44.7 Å². The number of benzene rings is 3. The minimum absolute atomic E-state index is 0.0524. The number of rotatable bonds is 10. The highest BCUT2D eigenvalue weighted by molar-refractivity contribution is 6.09. The number of Topliss-reactive ketones (excluding diaryl/α,β-unsaturated/α-hetero) is 1. The summed E-state index contributed by atoms with van der Waals surface area (Å²) in [6, 6.07) is 21.0. The van der Waals surface area contributed by atoms with E-state index < -0.39 is 36.7 Å². The van der Waals surface area contributed by atoms with Gasteiger partial charge in [-0.1, -0.05) is 42.5 Å². The Hall–Kier alpha value is -5.52. The average Bonchev–Trinajstić information content (AvgIpc) is 2.94. The molecule has 3 aromatic carbocycles. The molecule has 3 aromatic rings. The third kappa shape index (κ3) is 10.4. The van der Waals surface area contributed by atoms with Gasteiger partial charge in [0.25, 0.3) is 0 Å². The van der Waals surface area contributed by atoms with E-state index >= 15 is 0 Å². The summed E-state index contributed by atoms with van der Waals surface area (Å²) in [5, 5.41) is 12.9. The molecule has 0 aliphatic rings. The van der Waals surface area contributed by atoms with Crippen LogP contribution in [0.2, 0.25) is 0 Å². The van der Waals surface area contributed by atoms with Crippen LogP contribution >= 0.6 is 0 Å². The number of nitrogens with one attached hydrogen (secondary N) is 1. The van der Waals surface area contributed by atoms with Gasteiger partial charge in [0.2, 0.25) is 29.5 Å². The van der Waals surface area contributed by atoms with Gasteiger partial charge in [0.1, 0.15) is 31.2 Å². The number of hydrogen-bond donors (Lipinski definition) is 3. The predicted molar refractivity (Wildman–Crippen MR) is 164 cm³/mol. The fourth-order valence-electron chi connectivity index (χ4n) is 3.88. The summed E-state index contributed by atoms with van der Waals surface area (Å²) in [5.41, 5.74) is 6.38. The average molecular weight is 590 g/mol. The SMILES string of the molecule is CC(=O)N(CC(=O)Nc1ccccc1N(CC(=O)N(CC(N)=O)c1ccccc1O)C(C)=O)c1ccccc1.CC(C)=O. The molecule has 12 nitrogen and oxygen atoms in total. The summed E-state index contributed by atoms with van der Waals surface area (Å²) in [4.78, 5) is 75.7. The first-order chi connectivity index (χ1) is 20.3. The maximum Gasteiger partial charge on any atom is 0.247 e. The number of nitrogens with two attached hydrogens (primary N) is 1. The highest BCUT2D eigenvalue weighted by Gasteiger charge is 2.26. The lowest BCUT2D eigenvalue weighted by Gasteiger charge is -2.28. The Morgan fingerprint density at radius 1 is 0.651 bits per heavy atom. The molecular formula is C31H35N5O7. The molecular weight excluding hydrogens is 554 g/mol. The number of nitrogens with zero attached hydrogens (tertiary/aromatic N) is 3. The number of carbonyl (C=O) groups excluding carboxylic acids is 6. The van der Waals surface area contributed by atoms with Crippen molar-refractivity contribution >= 4 is 58.1 Å². The van der Waals surface area contributed by atoms with Crippen molar-refractivity contribution in [2.45, 2.75) is 27.7 Å². The molecule has 0 spiro atoms. The molecule has 12 heteroatoms. The van der Waals surface area contributed by atoms with Crippen molar-refractivity contribution in [2.75, 3.05) is 39.7 Å². The lowest BCUT2D eigenvalue weighted by Crippen LogP contribution is -2.46. The number of anilines is 4. The van der Waals surface area contributed by atoms with Crippen LogP contribution in [0.1, 0.15) is 27.7 Å². The standard InChI is InChI=1S/C28H29N5O6.C3H6O/c1-19(34)31(21-10-4-3-5-11-21)17-27(38)30-22-12-6-7-13-23(22)32(20(2)35)18-28(39)33(16-26(29)37)24-14-8-9-15-25(24)36;1-3(2)4/h3-15,36H,16-18H2,1-2H3,(H2,29,37)(H,30,38);1-2H3. The smallest absolute Gasteiger partial charge is 0.247 e. The Labute approximate surface area is 249 Å². The van der Waals surface area contributed by atoms with Gasteiger partial charge >= 0.3 is 0 Å². The quantitative estimate of drug-likeness (QED) is 0.326. The van der Waals surface area contributed by atoms with Crippen LogP contribution in [0.4, 0.5) is 22.7 Å². The summed E-state index contributed by atoms with van der Waals surface area (Å²) >= 11 is 0. The van der Waals surface area contributed by atoms with Gasteiger partial charge in [-0.3, -0.25) is 28.9 Å². The monoisotopic (exact) mass is 589 g/mol. The second-order valence-corrected chi connectivity index (χ2v) is 9.45. The molecule has 5 amide bonds. The number of primary amides is 1. The molecule has 0 bridgehead atoms. The molecule has 0 saturated heterocycles. The molecule has 3 rings (SSSR count). The molecule has 0 aliphatic carbocycles. The van der Waals surface area contributed by atoms with Crippen LogP contribution < -0.4 is 25.8 Å². The number of ketones is 1. The number of aromatic hydroxyl groups is 1. The van der Waals surface area contributed by atoms with E-state index in [0.717, 1.165) is 9.80 Å². The van der Waals surface area contributed by atoms with Crippen molar-refractivity contribution in [3.63, 3.8) is 0 Å². The largest absolute Gasteiger partial charge is 0.506 e. The topological polar surface area (TPSA) is 170 Å².